The predicted octanol–water partition coefficient (Wildman–Crippen LogP) is 4.23. The van der Waals surface area contributed by atoms with Crippen molar-refractivity contribution in [3.63, 3.8) is 0 Å². The number of aromatic nitrogens is 3. The molecule has 0 atom stereocenters. The lowest BCUT2D eigenvalue weighted by atomic mass is 10.1. The van der Waals surface area contributed by atoms with Gasteiger partial charge >= 0.3 is 0 Å². The quantitative estimate of drug-likeness (QED) is 0.544. The molecule has 1 N–H and O–H groups in total. The predicted molar refractivity (Wildman–Crippen MR) is 93.7 cm³/mol. The Morgan fingerprint density at radius 1 is 1.20 bits per heavy atom. The molecule has 1 aromatic heterocycles. The lowest BCUT2D eigenvalue weighted by molar-refractivity contribution is -0.384. The number of nitro groups is 1. The van der Waals surface area contributed by atoms with Crippen LogP contribution >= 0.6 is 11.6 Å². The maximum Gasteiger partial charge on any atom is 0.288 e. The highest BCUT2D eigenvalue weighted by molar-refractivity contribution is 6.32. The second kappa shape index (κ2) is 6.90. The van der Waals surface area contributed by atoms with Gasteiger partial charge in [-0.25, -0.2) is 4.98 Å². The minimum Gasteiger partial charge on any atom is -0.486 e. The fraction of sp³-hybridized carbons (Fsp3) is 0.176. The lowest BCUT2D eigenvalue weighted by Crippen LogP contribution is -1.98. The fourth-order valence-corrected chi connectivity index (χ4v) is 2.42. The van der Waals surface area contributed by atoms with Gasteiger partial charge in [-0.3, -0.25) is 15.2 Å². The fourth-order valence-electron chi connectivity index (χ4n) is 2.24. The van der Waals surface area contributed by atoms with Gasteiger partial charge in [-0.05, 0) is 49.2 Å². The second-order valence-corrected chi connectivity index (χ2v) is 5.97. The molecule has 0 radical (unpaired) electrons. The Morgan fingerprint density at radius 3 is 2.72 bits per heavy atom. The van der Waals surface area contributed by atoms with Crippen LogP contribution in [0.4, 0.5) is 5.69 Å². The summed E-state index contributed by atoms with van der Waals surface area (Å²) in [5.74, 6) is 1.60. The van der Waals surface area contributed by atoms with E-state index in [1.54, 1.807) is 6.07 Å². The van der Waals surface area contributed by atoms with Gasteiger partial charge in [0.25, 0.3) is 5.69 Å². The summed E-state index contributed by atoms with van der Waals surface area (Å²) >= 11 is 5.81. The molecule has 2 aromatic carbocycles. The molecule has 0 saturated heterocycles. The molecule has 7 nitrogen and oxygen atoms in total. The van der Waals surface area contributed by atoms with Gasteiger partial charge in [0.2, 0.25) is 0 Å². The number of ether oxygens (including phenoxy) is 1. The molecule has 25 heavy (non-hydrogen) atoms. The first-order chi connectivity index (χ1) is 11.9. The summed E-state index contributed by atoms with van der Waals surface area (Å²) in [6.45, 7) is 4.26. The summed E-state index contributed by atoms with van der Waals surface area (Å²) in [5.41, 5.74) is 2.66. The molecule has 0 amide bonds. The van der Waals surface area contributed by atoms with E-state index in [0.717, 1.165) is 11.3 Å². The number of benzene rings is 2. The van der Waals surface area contributed by atoms with Crippen LogP contribution in [0.15, 0.2) is 36.4 Å². The van der Waals surface area contributed by atoms with Crippen molar-refractivity contribution < 1.29 is 9.66 Å². The summed E-state index contributed by atoms with van der Waals surface area (Å²) < 4.78 is 5.70. The molecule has 3 rings (SSSR count). The van der Waals surface area contributed by atoms with Crippen molar-refractivity contribution in [3.8, 4) is 17.1 Å². The smallest absolute Gasteiger partial charge is 0.288 e. The van der Waals surface area contributed by atoms with E-state index in [0.29, 0.717) is 17.2 Å². The van der Waals surface area contributed by atoms with Crippen LogP contribution in [-0.2, 0) is 6.61 Å². The molecule has 0 saturated carbocycles. The number of H-pyrrole nitrogens is 1. The van der Waals surface area contributed by atoms with Crippen molar-refractivity contribution in [2.45, 2.75) is 20.5 Å². The van der Waals surface area contributed by atoms with Gasteiger partial charge in [0, 0.05) is 11.6 Å². The number of rotatable bonds is 5. The van der Waals surface area contributed by atoms with Crippen LogP contribution in [0.5, 0.6) is 5.75 Å². The maximum atomic E-state index is 11.0. The zero-order valence-electron chi connectivity index (χ0n) is 13.6. The highest BCUT2D eigenvalue weighted by Gasteiger charge is 2.15. The van der Waals surface area contributed by atoms with Gasteiger partial charge in [-0.2, -0.15) is 5.10 Å². The molecule has 3 aromatic rings. The Hall–Kier alpha value is -2.93. The highest BCUT2D eigenvalue weighted by Crippen LogP contribution is 2.28. The van der Waals surface area contributed by atoms with Crippen molar-refractivity contribution in [2.75, 3.05) is 0 Å². The van der Waals surface area contributed by atoms with Crippen molar-refractivity contribution in [3.05, 3.63) is 68.5 Å². The first-order valence-electron chi connectivity index (χ1n) is 7.49. The van der Waals surface area contributed by atoms with E-state index in [1.165, 1.54) is 17.7 Å². The van der Waals surface area contributed by atoms with Crippen molar-refractivity contribution in [2.24, 2.45) is 0 Å². The van der Waals surface area contributed by atoms with Gasteiger partial charge in [0.15, 0.2) is 11.6 Å². The molecule has 128 valence electrons. The minimum atomic E-state index is -0.539. The van der Waals surface area contributed by atoms with Crippen molar-refractivity contribution >= 4 is 17.3 Å². The summed E-state index contributed by atoms with van der Waals surface area (Å²) in [5, 5.41) is 17.9. The van der Waals surface area contributed by atoms with Crippen LogP contribution in [0.1, 0.15) is 17.0 Å². The highest BCUT2D eigenvalue weighted by atomic mass is 35.5. The van der Waals surface area contributed by atoms with E-state index >= 15 is 0 Å². The molecule has 0 spiro atoms. The van der Waals surface area contributed by atoms with E-state index in [4.69, 9.17) is 16.3 Å². The van der Waals surface area contributed by atoms with Gasteiger partial charge in [0.1, 0.15) is 17.4 Å². The minimum absolute atomic E-state index is 0.0718. The average Bonchev–Trinajstić information content (AvgIpc) is 3.05. The van der Waals surface area contributed by atoms with Crippen LogP contribution in [0.25, 0.3) is 11.4 Å². The molecule has 0 unspecified atom stereocenters. The van der Waals surface area contributed by atoms with Crippen LogP contribution in [-0.4, -0.2) is 20.1 Å². The Bertz CT molecular complexity index is 939. The van der Waals surface area contributed by atoms with Crippen LogP contribution in [0.3, 0.4) is 0 Å². The maximum absolute atomic E-state index is 11.0. The largest absolute Gasteiger partial charge is 0.486 e. The Labute approximate surface area is 148 Å². The van der Waals surface area contributed by atoms with Crippen molar-refractivity contribution in [1.29, 1.82) is 0 Å². The first kappa shape index (κ1) is 16.9. The molecule has 1 heterocycles. The molecule has 0 fully saturated rings. The zero-order valence-corrected chi connectivity index (χ0v) is 14.4. The zero-order chi connectivity index (χ0) is 18.0. The summed E-state index contributed by atoms with van der Waals surface area (Å²) in [4.78, 5) is 14.7. The van der Waals surface area contributed by atoms with Crippen LogP contribution in [0.2, 0.25) is 5.02 Å². The second-order valence-electron chi connectivity index (χ2n) is 5.56. The average molecular weight is 359 g/mol. The third-order valence-corrected chi connectivity index (χ3v) is 4.11. The van der Waals surface area contributed by atoms with E-state index < -0.39 is 4.92 Å². The molecule has 0 aliphatic heterocycles. The van der Waals surface area contributed by atoms with E-state index in [1.807, 2.05) is 32.0 Å². The topological polar surface area (TPSA) is 93.9 Å². The standard InChI is InChI=1S/C17H15ClN4O3/c1-10-3-5-13(7-11(10)2)25-9-16-19-17(21-20-16)12-4-6-14(18)15(8-12)22(23)24/h3-8H,9H2,1-2H3,(H,19,20,21). The number of nitrogens with one attached hydrogen (secondary N) is 1. The van der Waals surface area contributed by atoms with Crippen LogP contribution < -0.4 is 4.74 Å². The Morgan fingerprint density at radius 2 is 2.00 bits per heavy atom. The van der Waals surface area contributed by atoms with E-state index in [9.17, 15) is 10.1 Å². The third-order valence-electron chi connectivity index (χ3n) is 3.79. The molecule has 0 bridgehead atoms. The number of hydrogen-bond donors (Lipinski definition) is 1. The van der Waals surface area contributed by atoms with Gasteiger partial charge < -0.3 is 4.74 Å². The monoisotopic (exact) mass is 358 g/mol. The third kappa shape index (κ3) is 3.77. The number of aromatic amines is 1. The number of nitro benzene ring substituents is 1. The van der Waals surface area contributed by atoms with E-state index in [2.05, 4.69) is 15.2 Å². The normalized spacial score (nSPS) is 10.7. The molecular formula is C17H15ClN4O3. The van der Waals surface area contributed by atoms with E-state index in [-0.39, 0.29) is 17.3 Å². The number of hydrogen-bond acceptors (Lipinski definition) is 5. The number of halogens is 1. The Kier molecular flexibility index (Phi) is 4.67. The first-order valence-corrected chi connectivity index (χ1v) is 7.87. The molecule has 0 aliphatic carbocycles. The Balaban J connectivity index is 1.75. The summed E-state index contributed by atoms with van der Waals surface area (Å²) in [6, 6.07) is 10.3. The van der Waals surface area contributed by atoms with Crippen molar-refractivity contribution in [1.82, 2.24) is 15.2 Å². The van der Waals surface area contributed by atoms with Gasteiger partial charge in [-0.15, -0.1) is 0 Å². The molecule has 0 aliphatic rings. The summed E-state index contributed by atoms with van der Waals surface area (Å²) in [6.07, 6.45) is 0. The number of nitrogens with zero attached hydrogens (tertiary/aromatic N) is 3. The van der Waals surface area contributed by atoms with Crippen LogP contribution in [0, 0.1) is 24.0 Å². The number of aryl methyl sites for hydroxylation is 2. The molecular weight excluding hydrogens is 344 g/mol. The SMILES string of the molecule is Cc1ccc(OCc2nc(-c3ccc(Cl)c([N+](=O)[O-])c3)n[nH]2)cc1C. The molecule has 8 heteroatoms. The van der Waals surface area contributed by atoms with Gasteiger partial charge in [-0.1, -0.05) is 17.7 Å². The lowest BCUT2D eigenvalue weighted by Gasteiger charge is -2.06. The summed E-state index contributed by atoms with van der Waals surface area (Å²) in [7, 11) is 0. The van der Waals surface area contributed by atoms with Gasteiger partial charge in [0.05, 0.1) is 4.92 Å².